The first-order chi connectivity index (χ1) is 22.7. The molecule has 5 N–H and O–H groups in total. The summed E-state index contributed by atoms with van der Waals surface area (Å²) >= 11 is 0. The number of benzene rings is 4. The molecule has 0 saturated heterocycles. The van der Waals surface area contributed by atoms with E-state index >= 15 is 0 Å². The number of aromatic hydroxyl groups is 4. The Balaban J connectivity index is 1.77. The van der Waals surface area contributed by atoms with E-state index in [0.717, 1.165) is 22.0 Å². The van der Waals surface area contributed by atoms with E-state index in [2.05, 4.69) is 70.8 Å². The number of hydrogen-bond acceptors (Lipinski definition) is 6. The molecule has 0 fully saturated rings. The highest BCUT2D eigenvalue weighted by molar-refractivity contribution is 5.99. The van der Waals surface area contributed by atoms with E-state index in [0.29, 0.717) is 22.4 Å². The lowest BCUT2D eigenvalue weighted by Crippen LogP contribution is -2.16. The van der Waals surface area contributed by atoms with E-state index in [-0.39, 0.29) is 80.5 Å². The Hall–Kier alpha value is -5.04. The summed E-state index contributed by atoms with van der Waals surface area (Å²) in [6.45, 7) is 19.3. The van der Waals surface area contributed by atoms with Crippen LogP contribution in [0.3, 0.4) is 0 Å². The maximum absolute atomic E-state index is 12.4. The summed E-state index contributed by atoms with van der Waals surface area (Å²) in [5.41, 5.74) is 7.97. The van der Waals surface area contributed by atoms with Crippen molar-refractivity contribution in [2.75, 3.05) is 0 Å². The number of fused-ring (bicyclic) bond motifs is 1. The zero-order chi connectivity index (χ0) is 36.3. The van der Waals surface area contributed by atoms with E-state index in [9.17, 15) is 30.0 Å². The van der Waals surface area contributed by atoms with Gasteiger partial charge in [0.05, 0.1) is 11.1 Å². The number of Topliss-reactive ketones (excluding diaryl/α,β-unsaturated/α-hetero) is 2. The maximum atomic E-state index is 12.4. The number of nitrogens with one attached hydrogen (secondary N) is 1. The summed E-state index contributed by atoms with van der Waals surface area (Å²) in [5.74, 6) is -1.49. The molecule has 1 aromatic heterocycles. The van der Waals surface area contributed by atoms with Crippen LogP contribution in [0.2, 0.25) is 0 Å². The van der Waals surface area contributed by atoms with Gasteiger partial charge in [0.15, 0.2) is 11.6 Å². The average molecular weight is 662 g/mol. The average Bonchev–Trinajstić information content (AvgIpc) is 3.35. The molecule has 7 nitrogen and oxygen atoms in total. The van der Waals surface area contributed by atoms with Crippen LogP contribution in [0.1, 0.15) is 121 Å². The minimum Gasteiger partial charge on any atom is -0.507 e. The van der Waals surface area contributed by atoms with Crippen molar-refractivity contribution in [3.63, 3.8) is 0 Å². The Morgan fingerprint density at radius 3 is 1.51 bits per heavy atom. The van der Waals surface area contributed by atoms with E-state index in [1.54, 1.807) is 13.8 Å². The van der Waals surface area contributed by atoms with E-state index < -0.39 is 0 Å². The summed E-state index contributed by atoms with van der Waals surface area (Å²) < 4.78 is 0. The number of H-pyrrole nitrogens is 1. The number of aromatic nitrogens is 1. The number of aromatic amines is 1. The first-order valence-electron chi connectivity index (χ1n) is 16.6. The Kier molecular flexibility index (Phi) is 8.96. The van der Waals surface area contributed by atoms with Crippen LogP contribution in [0.25, 0.3) is 22.0 Å². The van der Waals surface area contributed by atoms with Crippen LogP contribution in [-0.2, 0) is 23.7 Å². The van der Waals surface area contributed by atoms with Gasteiger partial charge in [-0.05, 0) is 95.7 Å². The van der Waals surface area contributed by atoms with E-state index in [4.69, 9.17) is 0 Å². The normalized spacial score (nSPS) is 12.1. The Bertz CT molecular complexity index is 2120. The zero-order valence-electron chi connectivity index (χ0n) is 30.1. The van der Waals surface area contributed by atoms with Gasteiger partial charge in [-0.3, -0.25) is 9.59 Å². The van der Waals surface area contributed by atoms with Gasteiger partial charge in [0.25, 0.3) is 0 Å². The maximum Gasteiger partial charge on any atom is 0.163 e. The molecule has 1 heterocycles. The highest BCUT2D eigenvalue weighted by atomic mass is 16.3. The van der Waals surface area contributed by atoms with Gasteiger partial charge in [-0.25, -0.2) is 0 Å². The molecule has 0 atom stereocenters. The molecule has 4 aromatic carbocycles. The van der Waals surface area contributed by atoms with Crippen molar-refractivity contribution in [3.05, 3.63) is 104 Å². The smallest absolute Gasteiger partial charge is 0.163 e. The summed E-state index contributed by atoms with van der Waals surface area (Å²) in [7, 11) is 0. The standard InChI is InChI=1S/C42H47NO6/c1-21-13-30(23(3)44)39(48)33(37(21)46)19-32-29-12-11-25(26-15-27(41(5,6)7)18-28(16-26)42(8,9)10)17-35(29)43-36(32)20-34-38(47)22(2)14-31(24(4)45)40(34)49/h11-18,43,46-49H,19-20H2,1-10H3. The number of carbonyl (C=O) groups is 2. The molecule has 0 bridgehead atoms. The number of ketones is 2. The first kappa shape index (κ1) is 35.3. The van der Waals surface area contributed by atoms with Crippen molar-refractivity contribution in [2.24, 2.45) is 0 Å². The predicted molar refractivity (Wildman–Crippen MR) is 196 cm³/mol. The van der Waals surface area contributed by atoms with Gasteiger partial charge in [-0.2, -0.15) is 0 Å². The number of phenolic OH excluding ortho intramolecular Hbond substituents is 4. The van der Waals surface area contributed by atoms with Crippen molar-refractivity contribution in [1.82, 2.24) is 4.98 Å². The Labute approximate surface area is 288 Å². The van der Waals surface area contributed by atoms with Crippen molar-refractivity contribution >= 4 is 22.5 Å². The largest absolute Gasteiger partial charge is 0.507 e. The van der Waals surface area contributed by atoms with E-state index in [1.165, 1.54) is 37.1 Å². The third kappa shape index (κ3) is 6.67. The van der Waals surface area contributed by atoms with Crippen LogP contribution in [-0.4, -0.2) is 37.0 Å². The lowest BCUT2D eigenvalue weighted by atomic mass is 9.79. The van der Waals surface area contributed by atoms with Gasteiger partial charge >= 0.3 is 0 Å². The lowest BCUT2D eigenvalue weighted by molar-refractivity contribution is 0.100. The van der Waals surface area contributed by atoms with Crippen molar-refractivity contribution in [1.29, 1.82) is 0 Å². The first-order valence-corrected chi connectivity index (χ1v) is 16.6. The molecule has 0 amide bonds. The molecule has 0 unspecified atom stereocenters. The Morgan fingerprint density at radius 2 is 1.06 bits per heavy atom. The van der Waals surface area contributed by atoms with Crippen LogP contribution < -0.4 is 0 Å². The molecule has 7 heteroatoms. The second-order valence-corrected chi connectivity index (χ2v) is 15.4. The van der Waals surface area contributed by atoms with Crippen molar-refractivity contribution in [2.45, 2.75) is 92.9 Å². The number of hydrogen-bond donors (Lipinski definition) is 5. The molecule has 0 aliphatic rings. The van der Waals surface area contributed by atoms with Crippen molar-refractivity contribution in [3.8, 4) is 34.1 Å². The second-order valence-electron chi connectivity index (χ2n) is 15.4. The number of carbonyl (C=O) groups excluding carboxylic acids is 2. The van der Waals surface area contributed by atoms with Crippen LogP contribution in [0, 0.1) is 13.8 Å². The van der Waals surface area contributed by atoms with Gasteiger partial charge < -0.3 is 25.4 Å². The Morgan fingerprint density at radius 1 is 0.592 bits per heavy atom. The molecule has 0 saturated carbocycles. The minimum atomic E-state index is -0.332. The molecular formula is C42H47NO6. The molecule has 256 valence electrons. The molecule has 5 aromatic rings. The predicted octanol–water partition coefficient (Wildman–Crippen LogP) is 9.46. The lowest BCUT2D eigenvalue weighted by Gasteiger charge is -2.26. The minimum absolute atomic E-state index is 0.0273. The number of phenols is 4. The molecule has 0 spiro atoms. The SMILES string of the molecule is CC(=O)c1cc(C)c(O)c(Cc2[nH]c3cc(-c4cc(C(C)(C)C)cc(C(C)(C)C)c4)ccc3c2Cc2c(O)c(C)cc(C(C)=O)c2O)c1O. The fraction of sp³-hybridized carbons (Fsp3) is 0.333. The van der Waals surface area contributed by atoms with Gasteiger partial charge in [0.1, 0.15) is 23.0 Å². The van der Waals surface area contributed by atoms with E-state index in [1.807, 2.05) is 12.1 Å². The quantitative estimate of drug-likeness (QED) is 0.110. The monoisotopic (exact) mass is 661 g/mol. The van der Waals surface area contributed by atoms with Crippen LogP contribution >= 0.6 is 0 Å². The van der Waals surface area contributed by atoms with Crippen LogP contribution in [0.4, 0.5) is 0 Å². The van der Waals surface area contributed by atoms with Gasteiger partial charge in [-0.15, -0.1) is 0 Å². The molecule has 0 aliphatic carbocycles. The van der Waals surface area contributed by atoms with Gasteiger partial charge in [0.2, 0.25) is 0 Å². The summed E-state index contributed by atoms with van der Waals surface area (Å²) in [4.78, 5) is 28.3. The molecule has 5 rings (SSSR count). The molecule has 0 radical (unpaired) electrons. The molecule has 49 heavy (non-hydrogen) atoms. The van der Waals surface area contributed by atoms with Gasteiger partial charge in [0, 0.05) is 40.6 Å². The fourth-order valence-electron chi connectivity index (χ4n) is 6.46. The third-order valence-electron chi connectivity index (χ3n) is 9.58. The summed E-state index contributed by atoms with van der Waals surface area (Å²) in [5, 5.41) is 45.4. The fourth-order valence-corrected chi connectivity index (χ4v) is 6.46. The molecular weight excluding hydrogens is 614 g/mol. The van der Waals surface area contributed by atoms with Crippen LogP contribution in [0.5, 0.6) is 23.0 Å². The zero-order valence-corrected chi connectivity index (χ0v) is 30.1. The van der Waals surface area contributed by atoms with Crippen molar-refractivity contribution < 1.29 is 30.0 Å². The number of rotatable bonds is 7. The topological polar surface area (TPSA) is 131 Å². The number of aryl methyl sites for hydroxylation is 2. The van der Waals surface area contributed by atoms with Crippen LogP contribution in [0.15, 0.2) is 48.5 Å². The highest BCUT2D eigenvalue weighted by Gasteiger charge is 2.26. The second kappa shape index (κ2) is 12.4. The van der Waals surface area contributed by atoms with Gasteiger partial charge in [-0.1, -0.05) is 71.9 Å². The summed E-state index contributed by atoms with van der Waals surface area (Å²) in [6.07, 6.45) is 0.0778. The summed E-state index contributed by atoms with van der Waals surface area (Å²) in [6, 6.07) is 15.8. The molecule has 0 aliphatic heterocycles. The highest BCUT2D eigenvalue weighted by Crippen LogP contribution is 2.42. The third-order valence-corrected chi connectivity index (χ3v) is 9.58.